The fourth-order valence-electron chi connectivity index (χ4n) is 4.12. The first-order chi connectivity index (χ1) is 11.1. The number of carbonyl (C=O) groups is 1. The normalized spacial score (nSPS) is 20.7. The zero-order valence-electron chi connectivity index (χ0n) is 13.5. The average molecular weight is 310 g/mol. The van der Waals surface area contributed by atoms with Crippen molar-refractivity contribution in [2.45, 2.75) is 39.0 Å². The third-order valence-electron chi connectivity index (χ3n) is 5.20. The fraction of sp³-hybridized carbons (Fsp3) is 0.474. The van der Waals surface area contributed by atoms with Gasteiger partial charge in [0.2, 0.25) is 0 Å². The molecule has 0 amide bonds. The Morgan fingerprint density at radius 1 is 1.30 bits per heavy atom. The Hall–Kier alpha value is -2.10. The summed E-state index contributed by atoms with van der Waals surface area (Å²) in [6, 6.07) is 5.35. The van der Waals surface area contributed by atoms with Crippen LogP contribution >= 0.6 is 0 Å². The minimum atomic E-state index is -0.870. The van der Waals surface area contributed by atoms with E-state index in [4.69, 9.17) is 4.98 Å². The van der Waals surface area contributed by atoms with E-state index in [1.165, 1.54) is 29.8 Å². The van der Waals surface area contributed by atoms with Gasteiger partial charge in [-0.1, -0.05) is 6.92 Å². The maximum atomic E-state index is 11.4. The zero-order valence-corrected chi connectivity index (χ0v) is 13.5. The van der Waals surface area contributed by atoms with E-state index < -0.39 is 5.97 Å². The van der Waals surface area contributed by atoms with Gasteiger partial charge < -0.3 is 10.0 Å². The van der Waals surface area contributed by atoms with Crippen molar-refractivity contribution in [2.24, 2.45) is 5.92 Å². The lowest BCUT2D eigenvalue weighted by Gasteiger charge is -2.35. The van der Waals surface area contributed by atoms with Gasteiger partial charge in [0.05, 0.1) is 16.8 Å². The van der Waals surface area contributed by atoms with Crippen LogP contribution in [0.2, 0.25) is 0 Å². The van der Waals surface area contributed by atoms with Gasteiger partial charge in [-0.15, -0.1) is 0 Å². The van der Waals surface area contributed by atoms with Gasteiger partial charge in [0.1, 0.15) is 0 Å². The highest BCUT2D eigenvalue weighted by molar-refractivity contribution is 5.99. The predicted octanol–water partition coefficient (Wildman–Crippen LogP) is 3.66. The van der Waals surface area contributed by atoms with Gasteiger partial charge in [-0.05, 0) is 61.8 Å². The lowest BCUT2D eigenvalue weighted by atomic mass is 9.97. The van der Waals surface area contributed by atoms with Crippen LogP contribution in [0.15, 0.2) is 18.2 Å². The Kier molecular flexibility index (Phi) is 3.47. The maximum Gasteiger partial charge on any atom is 0.335 e. The second-order valence-corrected chi connectivity index (χ2v) is 6.97. The molecule has 4 heteroatoms. The summed E-state index contributed by atoms with van der Waals surface area (Å²) in [5, 5.41) is 10.4. The van der Waals surface area contributed by atoms with Gasteiger partial charge in [0, 0.05) is 24.2 Å². The Balaban J connectivity index is 1.94. The summed E-state index contributed by atoms with van der Waals surface area (Å²) in [6.45, 7) is 4.43. The number of aromatic nitrogens is 1. The van der Waals surface area contributed by atoms with Gasteiger partial charge in [0.15, 0.2) is 0 Å². The molecule has 1 fully saturated rings. The van der Waals surface area contributed by atoms with Crippen LogP contribution in [0.5, 0.6) is 0 Å². The van der Waals surface area contributed by atoms with E-state index in [2.05, 4.69) is 11.8 Å². The number of benzene rings is 1. The average Bonchev–Trinajstić information content (AvgIpc) is 2.99. The molecule has 1 atom stereocenters. The molecule has 1 aromatic carbocycles. The van der Waals surface area contributed by atoms with Crippen LogP contribution in [0.1, 0.15) is 47.8 Å². The molecule has 2 heterocycles. The van der Waals surface area contributed by atoms with Crippen molar-refractivity contribution in [1.82, 2.24) is 4.98 Å². The quantitative estimate of drug-likeness (QED) is 0.920. The van der Waals surface area contributed by atoms with Crippen LogP contribution in [-0.2, 0) is 12.8 Å². The molecule has 1 aromatic heterocycles. The molecular formula is C19H22N2O2. The van der Waals surface area contributed by atoms with E-state index in [1.807, 2.05) is 12.1 Å². The summed E-state index contributed by atoms with van der Waals surface area (Å²) in [7, 11) is 0. The van der Waals surface area contributed by atoms with Crippen molar-refractivity contribution in [3.8, 4) is 0 Å². The van der Waals surface area contributed by atoms with Crippen LogP contribution in [0.4, 0.5) is 5.69 Å². The molecule has 1 aliphatic heterocycles. The number of aromatic carboxylic acids is 1. The Bertz CT molecular complexity index is 785. The molecule has 4 nitrogen and oxygen atoms in total. The van der Waals surface area contributed by atoms with Crippen molar-refractivity contribution < 1.29 is 9.90 Å². The second kappa shape index (κ2) is 5.52. The molecule has 1 saturated heterocycles. The number of piperidine rings is 1. The lowest BCUT2D eigenvalue weighted by Crippen LogP contribution is -2.35. The number of hydrogen-bond acceptors (Lipinski definition) is 3. The highest BCUT2D eigenvalue weighted by Crippen LogP contribution is 2.38. The van der Waals surface area contributed by atoms with E-state index in [0.29, 0.717) is 11.5 Å². The van der Waals surface area contributed by atoms with Crippen molar-refractivity contribution in [2.75, 3.05) is 18.0 Å². The number of rotatable bonds is 2. The van der Waals surface area contributed by atoms with Gasteiger partial charge in [-0.2, -0.15) is 0 Å². The molecule has 2 aromatic rings. The summed E-state index contributed by atoms with van der Waals surface area (Å²) in [4.78, 5) is 18.7. The van der Waals surface area contributed by atoms with Crippen molar-refractivity contribution >= 4 is 22.6 Å². The van der Waals surface area contributed by atoms with Gasteiger partial charge in [0.25, 0.3) is 0 Å². The van der Waals surface area contributed by atoms with Crippen LogP contribution in [0.3, 0.4) is 0 Å². The smallest absolute Gasteiger partial charge is 0.335 e. The highest BCUT2D eigenvalue weighted by atomic mass is 16.4. The molecular weight excluding hydrogens is 288 g/mol. The summed E-state index contributed by atoms with van der Waals surface area (Å²) < 4.78 is 0. The van der Waals surface area contributed by atoms with Gasteiger partial charge in [-0.25, -0.2) is 4.79 Å². The first kappa shape index (κ1) is 14.5. The maximum absolute atomic E-state index is 11.4. The molecule has 4 rings (SSSR count). The molecule has 0 saturated carbocycles. The number of aryl methyl sites for hydroxylation is 1. The molecule has 1 N–H and O–H groups in total. The Morgan fingerprint density at radius 3 is 2.96 bits per heavy atom. The Morgan fingerprint density at radius 2 is 2.17 bits per heavy atom. The lowest BCUT2D eigenvalue weighted by molar-refractivity contribution is 0.0697. The van der Waals surface area contributed by atoms with Gasteiger partial charge in [-0.3, -0.25) is 4.98 Å². The fourth-order valence-corrected chi connectivity index (χ4v) is 4.12. The van der Waals surface area contributed by atoms with Crippen LogP contribution in [0.25, 0.3) is 10.9 Å². The highest BCUT2D eigenvalue weighted by Gasteiger charge is 2.26. The number of pyridine rings is 1. The summed E-state index contributed by atoms with van der Waals surface area (Å²) in [5.41, 5.74) is 5.12. The number of hydrogen-bond donors (Lipinski definition) is 1. The number of nitrogens with zero attached hydrogens (tertiary/aromatic N) is 2. The first-order valence-corrected chi connectivity index (χ1v) is 8.57. The molecule has 23 heavy (non-hydrogen) atoms. The largest absolute Gasteiger partial charge is 0.478 e. The number of anilines is 1. The van der Waals surface area contributed by atoms with Crippen LogP contribution in [-0.4, -0.2) is 29.1 Å². The number of fused-ring (bicyclic) bond motifs is 2. The van der Waals surface area contributed by atoms with E-state index in [0.717, 1.165) is 43.3 Å². The summed E-state index contributed by atoms with van der Waals surface area (Å²) >= 11 is 0. The zero-order chi connectivity index (χ0) is 16.0. The summed E-state index contributed by atoms with van der Waals surface area (Å²) in [5.74, 6) is -0.183. The monoisotopic (exact) mass is 310 g/mol. The van der Waals surface area contributed by atoms with Crippen molar-refractivity contribution in [1.29, 1.82) is 0 Å². The van der Waals surface area contributed by atoms with E-state index in [-0.39, 0.29) is 0 Å². The molecule has 0 radical (unpaired) electrons. The van der Waals surface area contributed by atoms with E-state index in [1.54, 1.807) is 6.07 Å². The van der Waals surface area contributed by atoms with E-state index >= 15 is 0 Å². The third-order valence-corrected chi connectivity index (χ3v) is 5.20. The molecule has 120 valence electrons. The minimum Gasteiger partial charge on any atom is -0.478 e. The van der Waals surface area contributed by atoms with Crippen molar-refractivity contribution in [3.63, 3.8) is 0 Å². The second-order valence-electron chi connectivity index (χ2n) is 6.97. The molecule has 0 unspecified atom stereocenters. The molecule has 2 aliphatic rings. The van der Waals surface area contributed by atoms with Crippen LogP contribution in [0, 0.1) is 5.92 Å². The summed E-state index contributed by atoms with van der Waals surface area (Å²) in [6.07, 6.45) is 5.75. The number of carboxylic acids is 1. The number of carboxylic acid groups (broad SMARTS) is 1. The Labute approximate surface area is 136 Å². The first-order valence-electron chi connectivity index (χ1n) is 8.57. The van der Waals surface area contributed by atoms with E-state index in [9.17, 15) is 9.90 Å². The predicted molar refractivity (Wildman–Crippen MR) is 91.3 cm³/mol. The topological polar surface area (TPSA) is 53.4 Å². The molecule has 1 aliphatic carbocycles. The standard InChI is InChI=1S/C19H22N2O2/c1-12-4-3-9-21(11-12)18-14-5-2-6-16(14)20-17-8-7-13(19(22)23)10-15(17)18/h7-8,10,12H,2-6,9,11H2,1H3,(H,22,23)/t12-/m1/s1. The minimum absolute atomic E-state index is 0.351. The van der Waals surface area contributed by atoms with Crippen molar-refractivity contribution in [3.05, 3.63) is 35.0 Å². The van der Waals surface area contributed by atoms with Gasteiger partial charge >= 0.3 is 5.97 Å². The third kappa shape index (κ3) is 2.46. The SMILES string of the molecule is C[C@@H]1CCCN(c2c3c(nc4ccc(C(=O)O)cc24)CCC3)C1. The molecule has 0 bridgehead atoms. The molecule has 0 spiro atoms. The van der Waals surface area contributed by atoms with Crippen LogP contribution < -0.4 is 4.90 Å².